The normalized spacial score (nSPS) is 17.7. The number of nitro groups is 1. The monoisotopic (exact) mass is 302 g/mol. The van der Waals surface area contributed by atoms with Crippen LogP contribution in [0.3, 0.4) is 0 Å². The predicted octanol–water partition coefficient (Wildman–Crippen LogP) is 3.93. The summed E-state index contributed by atoms with van der Waals surface area (Å²) in [5.74, 6) is 1.16. The van der Waals surface area contributed by atoms with Crippen molar-refractivity contribution in [3.8, 4) is 5.75 Å². The topological polar surface area (TPSA) is 68.8 Å². The molecule has 1 aromatic heterocycles. The van der Waals surface area contributed by atoms with Gasteiger partial charge in [0.1, 0.15) is 11.4 Å². The van der Waals surface area contributed by atoms with Crippen LogP contribution >= 0.6 is 0 Å². The van der Waals surface area contributed by atoms with E-state index < -0.39 is 0 Å². The average molecular weight is 302 g/mol. The average Bonchev–Trinajstić information content (AvgIpc) is 3.18. The maximum Gasteiger partial charge on any atom is 0.333 e. The maximum atomic E-state index is 11.5. The third kappa shape index (κ3) is 2.52. The molecule has 116 valence electrons. The third-order valence-electron chi connectivity index (χ3n) is 3.89. The lowest BCUT2D eigenvalue weighted by Crippen LogP contribution is -2.23. The number of hydrogen-bond donors (Lipinski definition) is 0. The maximum absolute atomic E-state index is 11.5. The molecule has 1 aromatic carbocycles. The molecule has 2 aromatic rings. The number of para-hydroxylation sites is 1. The Labute approximate surface area is 128 Å². The van der Waals surface area contributed by atoms with Crippen molar-refractivity contribution >= 4 is 11.4 Å². The summed E-state index contributed by atoms with van der Waals surface area (Å²) < 4.78 is 10.9. The fourth-order valence-electron chi connectivity index (χ4n) is 3.03. The van der Waals surface area contributed by atoms with Gasteiger partial charge in [-0.15, -0.1) is 0 Å². The molecule has 1 aliphatic rings. The molecule has 0 spiro atoms. The summed E-state index contributed by atoms with van der Waals surface area (Å²) >= 11 is 0. The van der Waals surface area contributed by atoms with Crippen LogP contribution in [0.4, 0.5) is 11.4 Å². The van der Waals surface area contributed by atoms with Crippen LogP contribution in [0.1, 0.15) is 31.6 Å². The van der Waals surface area contributed by atoms with E-state index in [0.29, 0.717) is 18.0 Å². The molecule has 0 N–H and O–H groups in total. The van der Waals surface area contributed by atoms with Crippen LogP contribution in [0.25, 0.3) is 0 Å². The molecular weight excluding hydrogens is 284 g/mol. The van der Waals surface area contributed by atoms with E-state index in [4.69, 9.17) is 9.15 Å². The summed E-state index contributed by atoms with van der Waals surface area (Å²) in [7, 11) is 0. The highest BCUT2D eigenvalue weighted by Gasteiger charge is 2.34. The quantitative estimate of drug-likeness (QED) is 0.618. The summed E-state index contributed by atoms with van der Waals surface area (Å²) in [6.45, 7) is 2.98. The molecule has 1 unspecified atom stereocenters. The van der Waals surface area contributed by atoms with Crippen molar-refractivity contribution in [3.05, 3.63) is 52.5 Å². The van der Waals surface area contributed by atoms with E-state index in [2.05, 4.69) is 0 Å². The van der Waals surface area contributed by atoms with Crippen molar-refractivity contribution in [2.45, 2.75) is 25.8 Å². The molecule has 0 saturated carbocycles. The number of nitrogens with zero attached hydrogens (tertiary/aromatic N) is 2. The summed E-state index contributed by atoms with van der Waals surface area (Å²) in [6.07, 6.45) is 3.53. The van der Waals surface area contributed by atoms with Crippen LogP contribution in [0.5, 0.6) is 5.75 Å². The predicted molar refractivity (Wildman–Crippen MR) is 82.3 cm³/mol. The third-order valence-corrected chi connectivity index (χ3v) is 3.89. The van der Waals surface area contributed by atoms with E-state index in [-0.39, 0.29) is 16.7 Å². The number of nitro benzene ring substituents is 1. The van der Waals surface area contributed by atoms with Crippen molar-refractivity contribution in [1.29, 1.82) is 0 Å². The SMILES string of the molecule is CCOc1cccc(N2CCCC2c2ccco2)c1[N+](=O)[O-]. The molecule has 0 radical (unpaired) electrons. The fraction of sp³-hybridized carbons (Fsp3) is 0.375. The molecule has 2 heterocycles. The zero-order chi connectivity index (χ0) is 15.5. The molecule has 3 rings (SSSR count). The molecule has 1 aliphatic heterocycles. The summed E-state index contributed by atoms with van der Waals surface area (Å²) in [5, 5.41) is 11.5. The minimum Gasteiger partial charge on any atom is -0.487 e. The summed E-state index contributed by atoms with van der Waals surface area (Å²) in [6, 6.07) is 9.01. The lowest BCUT2D eigenvalue weighted by Gasteiger charge is -2.25. The number of hydrogen-bond acceptors (Lipinski definition) is 5. The molecule has 1 atom stereocenters. The van der Waals surface area contributed by atoms with E-state index in [1.165, 1.54) is 0 Å². The largest absolute Gasteiger partial charge is 0.487 e. The van der Waals surface area contributed by atoms with E-state index in [1.54, 1.807) is 24.5 Å². The van der Waals surface area contributed by atoms with Gasteiger partial charge in [-0.05, 0) is 44.0 Å². The van der Waals surface area contributed by atoms with Crippen molar-refractivity contribution in [3.63, 3.8) is 0 Å². The standard InChI is InChI=1S/C16H18N2O4/c1-2-21-15-8-3-6-13(16(15)18(19)20)17-10-4-7-12(17)14-9-5-11-22-14/h3,5-6,8-9,11-12H,2,4,7,10H2,1H3. The van der Waals surface area contributed by atoms with Crippen molar-refractivity contribution in [2.24, 2.45) is 0 Å². The zero-order valence-corrected chi connectivity index (χ0v) is 12.4. The molecular formula is C16H18N2O4. The second-order valence-corrected chi connectivity index (χ2v) is 5.18. The van der Waals surface area contributed by atoms with Crippen LogP contribution in [-0.4, -0.2) is 18.1 Å². The van der Waals surface area contributed by atoms with Gasteiger partial charge in [-0.25, -0.2) is 0 Å². The van der Waals surface area contributed by atoms with Crippen molar-refractivity contribution in [1.82, 2.24) is 0 Å². The first-order valence-electron chi connectivity index (χ1n) is 7.42. The molecule has 0 amide bonds. The van der Waals surface area contributed by atoms with Gasteiger partial charge >= 0.3 is 5.69 Å². The van der Waals surface area contributed by atoms with Crippen LogP contribution in [0, 0.1) is 10.1 Å². The highest BCUT2D eigenvalue weighted by atomic mass is 16.6. The van der Waals surface area contributed by atoms with Crippen LogP contribution < -0.4 is 9.64 Å². The molecule has 1 saturated heterocycles. The van der Waals surface area contributed by atoms with Gasteiger partial charge in [0.25, 0.3) is 0 Å². The first-order chi connectivity index (χ1) is 10.7. The van der Waals surface area contributed by atoms with E-state index in [0.717, 1.165) is 25.1 Å². The second kappa shape index (κ2) is 6.09. The summed E-state index contributed by atoms with van der Waals surface area (Å²) in [4.78, 5) is 13.2. The number of ether oxygens (including phenoxy) is 1. The second-order valence-electron chi connectivity index (χ2n) is 5.18. The van der Waals surface area contributed by atoms with Gasteiger partial charge < -0.3 is 14.1 Å². The Morgan fingerprint density at radius 3 is 2.95 bits per heavy atom. The highest BCUT2D eigenvalue weighted by Crippen LogP contribution is 2.44. The highest BCUT2D eigenvalue weighted by molar-refractivity contribution is 5.70. The molecule has 22 heavy (non-hydrogen) atoms. The van der Waals surface area contributed by atoms with Crippen molar-refractivity contribution < 1.29 is 14.1 Å². The van der Waals surface area contributed by atoms with Gasteiger partial charge in [-0.3, -0.25) is 10.1 Å². The van der Waals surface area contributed by atoms with Crippen LogP contribution in [-0.2, 0) is 0 Å². The van der Waals surface area contributed by atoms with E-state index in [9.17, 15) is 10.1 Å². The van der Waals surface area contributed by atoms with Gasteiger partial charge in [0.15, 0.2) is 5.75 Å². The Morgan fingerprint density at radius 2 is 2.27 bits per heavy atom. The first-order valence-corrected chi connectivity index (χ1v) is 7.42. The van der Waals surface area contributed by atoms with Gasteiger partial charge in [0.05, 0.1) is 23.8 Å². The Morgan fingerprint density at radius 1 is 1.41 bits per heavy atom. The van der Waals surface area contributed by atoms with Gasteiger partial charge in [0, 0.05) is 6.54 Å². The number of anilines is 1. The molecule has 6 heteroatoms. The molecule has 0 aliphatic carbocycles. The van der Waals surface area contributed by atoms with Crippen LogP contribution in [0.15, 0.2) is 41.0 Å². The van der Waals surface area contributed by atoms with Crippen molar-refractivity contribution in [2.75, 3.05) is 18.1 Å². The lowest BCUT2D eigenvalue weighted by molar-refractivity contribution is -0.385. The van der Waals surface area contributed by atoms with Gasteiger partial charge in [-0.1, -0.05) is 6.07 Å². The lowest BCUT2D eigenvalue weighted by atomic mass is 10.1. The Hall–Kier alpha value is -2.50. The number of benzene rings is 1. The first kappa shape index (κ1) is 14.4. The van der Waals surface area contributed by atoms with Crippen LogP contribution in [0.2, 0.25) is 0 Å². The fourth-order valence-corrected chi connectivity index (χ4v) is 3.03. The summed E-state index contributed by atoms with van der Waals surface area (Å²) in [5.41, 5.74) is 0.623. The Kier molecular flexibility index (Phi) is 4.00. The zero-order valence-electron chi connectivity index (χ0n) is 12.4. The Balaban J connectivity index is 2.03. The molecule has 1 fully saturated rings. The number of furan rings is 1. The van der Waals surface area contributed by atoms with E-state index >= 15 is 0 Å². The van der Waals surface area contributed by atoms with Gasteiger partial charge in [-0.2, -0.15) is 0 Å². The smallest absolute Gasteiger partial charge is 0.333 e. The molecule has 0 bridgehead atoms. The minimum atomic E-state index is -0.363. The Bertz CT molecular complexity index is 654. The molecule has 6 nitrogen and oxygen atoms in total. The van der Waals surface area contributed by atoms with Gasteiger partial charge in [0.2, 0.25) is 0 Å². The number of rotatable bonds is 5. The minimum absolute atomic E-state index is 0.0304. The van der Waals surface area contributed by atoms with E-state index in [1.807, 2.05) is 24.0 Å².